The van der Waals surface area contributed by atoms with Crippen LogP contribution >= 0.6 is 11.6 Å². The second kappa shape index (κ2) is 8.62. The fraction of sp³-hybridized carbons (Fsp3) is 0.647. The molecule has 1 N–H and O–H groups in total. The average molecular weight is 311 g/mol. The highest BCUT2D eigenvalue weighted by Gasteiger charge is 2.10. The van der Waals surface area contributed by atoms with Crippen molar-refractivity contribution in [1.82, 2.24) is 10.2 Å². The molecule has 21 heavy (non-hydrogen) atoms. The molecule has 3 nitrogen and oxygen atoms in total. The molecule has 118 valence electrons. The zero-order valence-electron chi connectivity index (χ0n) is 13.2. The van der Waals surface area contributed by atoms with Gasteiger partial charge in [0.2, 0.25) is 0 Å². The molecule has 0 bridgehead atoms. The molecule has 4 heteroatoms. The summed E-state index contributed by atoms with van der Waals surface area (Å²) in [6.45, 7) is 9.26. The largest absolute Gasteiger partial charge is 0.492 e. The van der Waals surface area contributed by atoms with Gasteiger partial charge in [0, 0.05) is 29.7 Å². The number of benzene rings is 1. The van der Waals surface area contributed by atoms with Crippen molar-refractivity contribution in [2.24, 2.45) is 0 Å². The second-order valence-corrected chi connectivity index (χ2v) is 6.47. The Morgan fingerprint density at radius 1 is 1.24 bits per heavy atom. The van der Waals surface area contributed by atoms with Crippen molar-refractivity contribution in [3.63, 3.8) is 0 Å². The molecule has 1 saturated heterocycles. The normalized spacial score (nSPS) is 16.4. The van der Waals surface area contributed by atoms with Crippen LogP contribution < -0.4 is 10.1 Å². The lowest BCUT2D eigenvalue weighted by Crippen LogP contribution is -2.33. The van der Waals surface area contributed by atoms with E-state index >= 15 is 0 Å². The maximum Gasteiger partial charge on any atom is 0.123 e. The molecular formula is C17H27ClN2O. The minimum Gasteiger partial charge on any atom is -0.492 e. The molecule has 1 heterocycles. The summed E-state index contributed by atoms with van der Waals surface area (Å²) in [5.41, 5.74) is 1.13. The predicted octanol–water partition coefficient (Wildman–Crippen LogP) is 3.70. The zero-order valence-corrected chi connectivity index (χ0v) is 14.0. The van der Waals surface area contributed by atoms with Gasteiger partial charge >= 0.3 is 0 Å². The van der Waals surface area contributed by atoms with E-state index in [2.05, 4.69) is 24.1 Å². The first kappa shape index (κ1) is 16.6. The van der Waals surface area contributed by atoms with Gasteiger partial charge in [-0.25, -0.2) is 0 Å². The molecule has 0 radical (unpaired) electrons. The van der Waals surface area contributed by atoms with Gasteiger partial charge in [-0.2, -0.15) is 0 Å². The van der Waals surface area contributed by atoms with Crippen molar-refractivity contribution in [3.05, 3.63) is 28.8 Å². The van der Waals surface area contributed by atoms with Crippen molar-refractivity contribution in [2.45, 2.75) is 45.7 Å². The highest BCUT2D eigenvalue weighted by atomic mass is 35.5. The van der Waals surface area contributed by atoms with E-state index in [1.165, 1.54) is 32.4 Å². The van der Waals surface area contributed by atoms with Gasteiger partial charge in [0.15, 0.2) is 0 Å². The van der Waals surface area contributed by atoms with Crippen molar-refractivity contribution >= 4 is 11.6 Å². The first-order valence-corrected chi connectivity index (χ1v) is 8.40. The lowest BCUT2D eigenvalue weighted by Gasteiger charge is -2.26. The summed E-state index contributed by atoms with van der Waals surface area (Å²) in [5.74, 6) is 0.949. The predicted molar refractivity (Wildman–Crippen MR) is 89.2 cm³/mol. The van der Waals surface area contributed by atoms with E-state index in [1.807, 2.05) is 18.2 Å². The van der Waals surface area contributed by atoms with Crippen LogP contribution in [-0.4, -0.2) is 37.2 Å². The lowest BCUT2D eigenvalue weighted by molar-refractivity contribution is 0.182. The molecular weight excluding hydrogens is 284 g/mol. The Hall–Kier alpha value is -0.770. The van der Waals surface area contributed by atoms with E-state index in [0.717, 1.165) is 36.0 Å². The van der Waals surface area contributed by atoms with Crippen molar-refractivity contribution in [2.75, 3.05) is 26.2 Å². The van der Waals surface area contributed by atoms with Crippen LogP contribution in [0.4, 0.5) is 0 Å². The Kier molecular flexibility index (Phi) is 6.81. The van der Waals surface area contributed by atoms with Crippen LogP contribution in [0.5, 0.6) is 5.75 Å². The Morgan fingerprint density at radius 2 is 2.00 bits per heavy atom. The number of likely N-dealkylation sites (tertiary alicyclic amines) is 1. The van der Waals surface area contributed by atoms with Crippen LogP contribution in [0.15, 0.2) is 18.2 Å². The molecule has 0 aromatic heterocycles. The molecule has 1 fully saturated rings. The molecule has 1 aromatic rings. The molecule has 0 amide bonds. The van der Waals surface area contributed by atoms with Crippen molar-refractivity contribution in [3.8, 4) is 5.75 Å². The van der Waals surface area contributed by atoms with E-state index in [9.17, 15) is 0 Å². The van der Waals surface area contributed by atoms with Crippen molar-refractivity contribution < 1.29 is 4.74 Å². The Bertz CT molecular complexity index is 431. The number of nitrogens with one attached hydrogen (secondary N) is 1. The molecule has 0 saturated carbocycles. The molecule has 1 aliphatic heterocycles. The summed E-state index contributed by atoms with van der Waals surface area (Å²) in [6.07, 6.45) is 4.02. The molecule has 1 aromatic carbocycles. The third-order valence-electron chi connectivity index (χ3n) is 3.84. The number of piperidine rings is 1. The maximum atomic E-state index is 6.10. The van der Waals surface area contributed by atoms with Gasteiger partial charge in [-0.1, -0.05) is 31.9 Å². The van der Waals surface area contributed by atoms with Gasteiger partial charge in [-0.05, 0) is 44.1 Å². The summed E-state index contributed by atoms with van der Waals surface area (Å²) < 4.78 is 5.99. The Labute approximate surface area is 133 Å². The van der Waals surface area contributed by atoms with Crippen LogP contribution in [0, 0.1) is 0 Å². The van der Waals surface area contributed by atoms with Crippen molar-refractivity contribution in [1.29, 1.82) is 0 Å². The van der Waals surface area contributed by atoms with Crippen LogP contribution in [0.25, 0.3) is 0 Å². The van der Waals surface area contributed by atoms with Crippen LogP contribution in [0.1, 0.15) is 38.7 Å². The summed E-state index contributed by atoms with van der Waals surface area (Å²) in [5, 5.41) is 4.18. The quantitative estimate of drug-likeness (QED) is 0.831. The van der Waals surface area contributed by atoms with E-state index in [4.69, 9.17) is 16.3 Å². The smallest absolute Gasteiger partial charge is 0.123 e. The fourth-order valence-corrected chi connectivity index (χ4v) is 2.80. The van der Waals surface area contributed by atoms with E-state index < -0.39 is 0 Å². The standard InChI is InChI=1S/C17H27ClN2O/c1-14(2)19-13-15-12-16(18)6-7-17(15)21-11-10-20-8-4-3-5-9-20/h6-7,12,14,19H,3-5,8-11,13H2,1-2H3. The number of hydrogen-bond acceptors (Lipinski definition) is 3. The molecule has 0 atom stereocenters. The van der Waals surface area contributed by atoms with E-state index in [1.54, 1.807) is 0 Å². The summed E-state index contributed by atoms with van der Waals surface area (Å²) in [4.78, 5) is 2.49. The van der Waals surface area contributed by atoms with E-state index in [-0.39, 0.29) is 0 Å². The first-order valence-electron chi connectivity index (χ1n) is 8.02. The van der Waals surface area contributed by atoms with Gasteiger partial charge in [0.1, 0.15) is 12.4 Å². The summed E-state index contributed by atoms with van der Waals surface area (Å²) >= 11 is 6.10. The van der Waals surface area contributed by atoms with Crippen LogP contribution in [-0.2, 0) is 6.54 Å². The van der Waals surface area contributed by atoms with Gasteiger partial charge in [-0.3, -0.25) is 4.90 Å². The summed E-state index contributed by atoms with van der Waals surface area (Å²) in [6, 6.07) is 6.32. The highest BCUT2D eigenvalue weighted by Crippen LogP contribution is 2.23. The molecule has 0 aliphatic carbocycles. The third kappa shape index (κ3) is 5.85. The van der Waals surface area contributed by atoms with Crippen LogP contribution in [0.2, 0.25) is 5.02 Å². The molecule has 0 unspecified atom stereocenters. The Morgan fingerprint density at radius 3 is 2.71 bits per heavy atom. The third-order valence-corrected chi connectivity index (χ3v) is 4.07. The van der Waals surface area contributed by atoms with Gasteiger partial charge in [-0.15, -0.1) is 0 Å². The first-order chi connectivity index (χ1) is 10.1. The van der Waals surface area contributed by atoms with Crippen LogP contribution in [0.3, 0.4) is 0 Å². The highest BCUT2D eigenvalue weighted by molar-refractivity contribution is 6.30. The van der Waals surface area contributed by atoms with Gasteiger partial charge in [0.25, 0.3) is 0 Å². The Balaban J connectivity index is 1.85. The number of ether oxygens (including phenoxy) is 1. The molecule has 0 spiro atoms. The zero-order chi connectivity index (χ0) is 15.1. The summed E-state index contributed by atoms with van der Waals surface area (Å²) in [7, 11) is 0. The molecule has 1 aliphatic rings. The number of hydrogen-bond donors (Lipinski definition) is 1. The minimum absolute atomic E-state index is 0.449. The minimum atomic E-state index is 0.449. The second-order valence-electron chi connectivity index (χ2n) is 6.04. The van der Waals surface area contributed by atoms with Gasteiger partial charge in [0.05, 0.1) is 0 Å². The number of nitrogens with zero attached hydrogens (tertiary/aromatic N) is 1. The van der Waals surface area contributed by atoms with Gasteiger partial charge < -0.3 is 10.1 Å². The monoisotopic (exact) mass is 310 g/mol. The fourth-order valence-electron chi connectivity index (χ4n) is 2.61. The lowest BCUT2D eigenvalue weighted by atomic mass is 10.1. The molecule has 2 rings (SSSR count). The maximum absolute atomic E-state index is 6.10. The average Bonchev–Trinajstić information content (AvgIpc) is 2.48. The topological polar surface area (TPSA) is 24.5 Å². The number of halogens is 1. The number of rotatable bonds is 7. The SMILES string of the molecule is CC(C)NCc1cc(Cl)ccc1OCCN1CCCCC1. The van der Waals surface area contributed by atoms with E-state index in [0.29, 0.717) is 6.04 Å².